The Morgan fingerprint density at radius 2 is 2.00 bits per heavy atom. The van der Waals surface area contributed by atoms with Crippen LogP contribution in [0.5, 0.6) is 5.75 Å². The van der Waals surface area contributed by atoms with Gasteiger partial charge >= 0.3 is 0 Å². The van der Waals surface area contributed by atoms with Gasteiger partial charge in [-0.3, -0.25) is 0 Å². The summed E-state index contributed by atoms with van der Waals surface area (Å²) in [5, 5.41) is 0. The molecule has 0 aliphatic carbocycles. The van der Waals surface area contributed by atoms with Crippen LogP contribution in [0.2, 0.25) is 0 Å². The van der Waals surface area contributed by atoms with Gasteiger partial charge in [-0.25, -0.2) is 0 Å². The lowest BCUT2D eigenvalue weighted by Crippen LogP contribution is -2.18. The van der Waals surface area contributed by atoms with E-state index >= 15 is 0 Å². The second-order valence-corrected chi connectivity index (χ2v) is 3.88. The van der Waals surface area contributed by atoms with Crippen LogP contribution in [0.4, 0.5) is 0 Å². The van der Waals surface area contributed by atoms with Crippen LogP contribution >= 0.6 is 0 Å². The van der Waals surface area contributed by atoms with E-state index in [1.807, 2.05) is 6.92 Å². The number of aryl methyl sites for hydroxylation is 1. The molecule has 0 aromatic heterocycles. The fraction of sp³-hybridized carbons (Fsp3) is 0.500. The van der Waals surface area contributed by atoms with Gasteiger partial charge < -0.3 is 10.5 Å². The van der Waals surface area contributed by atoms with Gasteiger partial charge in [0.2, 0.25) is 0 Å². The van der Waals surface area contributed by atoms with Crippen molar-refractivity contribution in [1.82, 2.24) is 0 Å². The van der Waals surface area contributed by atoms with Crippen molar-refractivity contribution in [3.8, 4) is 5.75 Å². The minimum absolute atomic E-state index is 0.195. The van der Waals surface area contributed by atoms with Crippen LogP contribution in [0.3, 0.4) is 0 Å². The molecule has 2 N–H and O–H groups in total. The molecule has 1 aromatic rings. The van der Waals surface area contributed by atoms with E-state index in [4.69, 9.17) is 10.5 Å². The average molecular weight is 193 g/mol. The molecule has 2 heteroatoms. The average Bonchev–Trinajstić information content (AvgIpc) is 2.10. The third kappa shape index (κ3) is 2.26. The van der Waals surface area contributed by atoms with E-state index in [9.17, 15) is 0 Å². The summed E-state index contributed by atoms with van der Waals surface area (Å²) in [6.45, 7) is 6.16. The first-order valence-corrected chi connectivity index (χ1v) is 4.95. The second-order valence-electron chi connectivity index (χ2n) is 3.88. The standard InChI is InChI=1S/C12H19NO/c1-8-5-6-11(7-9(2)13)10(3)12(8)14-4/h5-6,9H,7,13H2,1-4H3. The summed E-state index contributed by atoms with van der Waals surface area (Å²) in [5.74, 6) is 0.989. The minimum atomic E-state index is 0.195. The Balaban J connectivity index is 3.08. The fourth-order valence-electron chi connectivity index (χ4n) is 1.75. The fourth-order valence-corrected chi connectivity index (χ4v) is 1.75. The highest BCUT2D eigenvalue weighted by atomic mass is 16.5. The largest absolute Gasteiger partial charge is 0.496 e. The first-order chi connectivity index (χ1) is 6.56. The molecule has 1 rings (SSSR count). The van der Waals surface area contributed by atoms with E-state index in [1.165, 1.54) is 16.7 Å². The maximum absolute atomic E-state index is 5.78. The lowest BCUT2D eigenvalue weighted by molar-refractivity contribution is 0.407. The minimum Gasteiger partial charge on any atom is -0.496 e. The van der Waals surface area contributed by atoms with Crippen LogP contribution in [0.25, 0.3) is 0 Å². The van der Waals surface area contributed by atoms with Crippen molar-refractivity contribution in [3.05, 3.63) is 28.8 Å². The molecule has 0 radical (unpaired) electrons. The van der Waals surface area contributed by atoms with E-state index in [-0.39, 0.29) is 6.04 Å². The molecule has 0 saturated heterocycles. The van der Waals surface area contributed by atoms with Gasteiger partial charge in [0, 0.05) is 6.04 Å². The number of hydrogen-bond donors (Lipinski definition) is 1. The van der Waals surface area contributed by atoms with Crippen LogP contribution < -0.4 is 10.5 Å². The summed E-state index contributed by atoms with van der Waals surface area (Å²) in [6, 6.07) is 4.42. The maximum atomic E-state index is 5.78. The van der Waals surface area contributed by atoms with Crippen LogP contribution in [0.15, 0.2) is 12.1 Å². The zero-order chi connectivity index (χ0) is 10.7. The van der Waals surface area contributed by atoms with Crippen LogP contribution in [0, 0.1) is 13.8 Å². The Labute approximate surface area is 86.1 Å². The molecule has 14 heavy (non-hydrogen) atoms. The van der Waals surface area contributed by atoms with Gasteiger partial charge in [-0.2, -0.15) is 0 Å². The third-order valence-electron chi connectivity index (χ3n) is 2.46. The molecule has 0 bridgehead atoms. The van der Waals surface area contributed by atoms with Crippen LogP contribution in [-0.2, 0) is 6.42 Å². The molecule has 0 spiro atoms. The van der Waals surface area contributed by atoms with Crippen molar-refractivity contribution in [3.63, 3.8) is 0 Å². The van der Waals surface area contributed by atoms with Gasteiger partial charge in [-0.05, 0) is 43.9 Å². The highest BCUT2D eigenvalue weighted by Gasteiger charge is 2.08. The van der Waals surface area contributed by atoms with Crippen LogP contribution in [-0.4, -0.2) is 13.2 Å². The Kier molecular flexibility index (Phi) is 3.53. The van der Waals surface area contributed by atoms with E-state index in [1.54, 1.807) is 7.11 Å². The number of nitrogens with two attached hydrogens (primary N) is 1. The molecular weight excluding hydrogens is 174 g/mol. The number of hydrogen-bond acceptors (Lipinski definition) is 2. The zero-order valence-electron chi connectivity index (χ0n) is 9.42. The number of ether oxygens (including phenoxy) is 1. The Bertz CT molecular complexity index is 318. The summed E-state index contributed by atoms with van der Waals surface area (Å²) in [4.78, 5) is 0. The molecule has 0 saturated carbocycles. The highest BCUT2D eigenvalue weighted by molar-refractivity contribution is 5.45. The van der Waals surface area contributed by atoms with E-state index in [0.29, 0.717) is 0 Å². The molecule has 1 atom stereocenters. The SMILES string of the molecule is COc1c(C)ccc(CC(C)N)c1C. The van der Waals surface area contributed by atoms with Crippen molar-refractivity contribution in [1.29, 1.82) is 0 Å². The highest BCUT2D eigenvalue weighted by Crippen LogP contribution is 2.26. The van der Waals surface area contributed by atoms with Gasteiger partial charge in [0.15, 0.2) is 0 Å². The smallest absolute Gasteiger partial charge is 0.124 e. The lowest BCUT2D eigenvalue weighted by Gasteiger charge is -2.14. The molecule has 0 amide bonds. The Hall–Kier alpha value is -1.02. The van der Waals surface area contributed by atoms with Crippen molar-refractivity contribution in [2.24, 2.45) is 5.73 Å². The zero-order valence-corrected chi connectivity index (χ0v) is 9.42. The van der Waals surface area contributed by atoms with E-state index in [2.05, 4.69) is 26.0 Å². The molecule has 0 heterocycles. The first kappa shape index (κ1) is 11.1. The monoisotopic (exact) mass is 193 g/mol. The summed E-state index contributed by atoms with van der Waals surface area (Å²) in [7, 11) is 1.71. The number of methoxy groups -OCH3 is 1. The van der Waals surface area contributed by atoms with Gasteiger partial charge in [-0.15, -0.1) is 0 Å². The Morgan fingerprint density at radius 3 is 2.50 bits per heavy atom. The van der Waals surface area contributed by atoms with E-state index in [0.717, 1.165) is 12.2 Å². The quantitative estimate of drug-likeness (QED) is 0.798. The molecule has 1 unspecified atom stereocenters. The molecule has 78 valence electrons. The summed E-state index contributed by atoms with van der Waals surface area (Å²) < 4.78 is 5.36. The lowest BCUT2D eigenvalue weighted by atomic mass is 9.99. The number of rotatable bonds is 3. The van der Waals surface area contributed by atoms with Crippen molar-refractivity contribution in [2.75, 3.05) is 7.11 Å². The van der Waals surface area contributed by atoms with Crippen LogP contribution in [0.1, 0.15) is 23.6 Å². The molecule has 1 aromatic carbocycles. The molecule has 2 nitrogen and oxygen atoms in total. The predicted octanol–water partition coefficient (Wildman–Crippen LogP) is 2.20. The molecule has 0 aliphatic rings. The molecule has 0 fully saturated rings. The normalized spacial score (nSPS) is 12.6. The second kappa shape index (κ2) is 4.47. The summed E-state index contributed by atoms with van der Waals surface area (Å²) >= 11 is 0. The van der Waals surface area contributed by atoms with Crippen molar-refractivity contribution in [2.45, 2.75) is 33.2 Å². The Morgan fingerprint density at radius 1 is 1.36 bits per heavy atom. The molecule has 0 aliphatic heterocycles. The summed E-state index contributed by atoms with van der Waals surface area (Å²) in [6.07, 6.45) is 0.905. The van der Waals surface area contributed by atoms with Gasteiger partial charge in [0.05, 0.1) is 7.11 Å². The first-order valence-electron chi connectivity index (χ1n) is 4.95. The van der Waals surface area contributed by atoms with Gasteiger partial charge in [0.25, 0.3) is 0 Å². The van der Waals surface area contributed by atoms with Gasteiger partial charge in [0.1, 0.15) is 5.75 Å². The summed E-state index contributed by atoms with van der Waals surface area (Å²) in [5.41, 5.74) is 9.45. The molecular formula is C12H19NO. The number of benzene rings is 1. The predicted molar refractivity (Wildman–Crippen MR) is 59.8 cm³/mol. The maximum Gasteiger partial charge on any atom is 0.124 e. The topological polar surface area (TPSA) is 35.2 Å². The third-order valence-corrected chi connectivity index (χ3v) is 2.46. The van der Waals surface area contributed by atoms with E-state index < -0.39 is 0 Å². The van der Waals surface area contributed by atoms with Crippen molar-refractivity contribution >= 4 is 0 Å². The van der Waals surface area contributed by atoms with Gasteiger partial charge in [-0.1, -0.05) is 12.1 Å². The van der Waals surface area contributed by atoms with Crippen molar-refractivity contribution < 1.29 is 4.74 Å².